The average molecular weight is 383 g/mol. The number of sulfonamides is 1. The summed E-state index contributed by atoms with van der Waals surface area (Å²) in [6.45, 7) is 1.83. The quantitative estimate of drug-likeness (QED) is 0.615. The van der Waals surface area contributed by atoms with Gasteiger partial charge in [-0.2, -0.15) is 18.4 Å². The van der Waals surface area contributed by atoms with E-state index in [0.29, 0.717) is 17.7 Å². The van der Waals surface area contributed by atoms with Crippen LogP contribution >= 0.6 is 15.9 Å². The Morgan fingerprint density at radius 2 is 1.82 bits per heavy atom. The molecule has 2 N–H and O–H groups in total. The first-order chi connectivity index (χ1) is 10.4. The molecule has 0 aliphatic carbocycles. The second-order valence-electron chi connectivity index (χ2n) is 4.48. The van der Waals surface area contributed by atoms with E-state index in [-0.39, 0.29) is 10.6 Å². The van der Waals surface area contributed by atoms with Crippen LogP contribution in [0.3, 0.4) is 0 Å². The van der Waals surface area contributed by atoms with Crippen molar-refractivity contribution >= 4 is 31.7 Å². The van der Waals surface area contributed by atoms with Crippen LogP contribution in [0.5, 0.6) is 5.75 Å². The highest BCUT2D eigenvalue weighted by atomic mass is 79.9. The summed E-state index contributed by atoms with van der Waals surface area (Å²) in [6.07, 6.45) is 0.473. The summed E-state index contributed by atoms with van der Waals surface area (Å²) in [5, 5.41) is 13.8. The zero-order chi connectivity index (χ0) is 16.2. The van der Waals surface area contributed by atoms with E-state index in [1.807, 2.05) is 6.92 Å². The number of para-hydroxylation sites is 1. The fourth-order valence-corrected chi connectivity index (χ4v) is 2.92. The number of hydrazone groups is 1. The first-order valence-corrected chi connectivity index (χ1v) is 8.84. The van der Waals surface area contributed by atoms with E-state index in [0.717, 1.165) is 4.47 Å². The van der Waals surface area contributed by atoms with Crippen LogP contribution in [0.2, 0.25) is 0 Å². The first-order valence-electron chi connectivity index (χ1n) is 6.56. The molecule has 0 bridgehead atoms. The van der Waals surface area contributed by atoms with E-state index >= 15 is 0 Å². The summed E-state index contributed by atoms with van der Waals surface area (Å²) in [6, 6.07) is 12.9. The fourth-order valence-electron chi connectivity index (χ4n) is 1.83. The topological polar surface area (TPSA) is 78.8 Å². The molecule has 2 aromatic carbocycles. The summed E-state index contributed by atoms with van der Waals surface area (Å²) < 4.78 is 25.2. The molecule has 0 saturated carbocycles. The van der Waals surface area contributed by atoms with Crippen molar-refractivity contribution in [3.63, 3.8) is 0 Å². The third kappa shape index (κ3) is 3.86. The number of phenolic OH excluding ortho intramolecular Hbond substituents is 1. The summed E-state index contributed by atoms with van der Waals surface area (Å²) in [4.78, 5) is 2.32. The van der Waals surface area contributed by atoms with Crippen molar-refractivity contribution in [2.75, 3.05) is 0 Å². The monoisotopic (exact) mass is 382 g/mol. The van der Waals surface area contributed by atoms with Gasteiger partial charge in [-0.1, -0.05) is 35.0 Å². The van der Waals surface area contributed by atoms with Gasteiger partial charge in [-0.05, 0) is 42.8 Å². The summed E-state index contributed by atoms with van der Waals surface area (Å²) >= 11 is 3.25. The molecule has 0 atom stereocenters. The van der Waals surface area contributed by atoms with Crippen LogP contribution in [0.4, 0.5) is 0 Å². The van der Waals surface area contributed by atoms with E-state index < -0.39 is 10.0 Å². The van der Waals surface area contributed by atoms with Gasteiger partial charge in [0.05, 0.1) is 10.6 Å². The van der Waals surface area contributed by atoms with E-state index in [1.165, 1.54) is 18.2 Å². The van der Waals surface area contributed by atoms with E-state index in [9.17, 15) is 13.5 Å². The molecule has 0 aromatic heterocycles. The molecule has 0 heterocycles. The van der Waals surface area contributed by atoms with Gasteiger partial charge in [-0.15, -0.1) is 0 Å². The van der Waals surface area contributed by atoms with Crippen molar-refractivity contribution in [3.8, 4) is 5.75 Å². The summed E-state index contributed by atoms with van der Waals surface area (Å²) in [5.74, 6) is 0.0611. The normalized spacial score (nSPS) is 12.2. The molecule has 0 radical (unpaired) electrons. The van der Waals surface area contributed by atoms with E-state index in [1.54, 1.807) is 30.3 Å². The van der Waals surface area contributed by atoms with Gasteiger partial charge in [0, 0.05) is 10.0 Å². The van der Waals surface area contributed by atoms with Crippen molar-refractivity contribution in [2.24, 2.45) is 5.10 Å². The highest BCUT2D eigenvalue weighted by molar-refractivity contribution is 9.10. The van der Waals surface area contributed by atoms with Crippen LogP contribution in [0.15, 0.2) is 63.0 Å². The number of benzene rings is 2. The van der Waals surface area contributed by atoms with Crippen molar-refractivity contribution in [3.05, 3.63) is 58.6 Å². The molecule has 0 aliphatic rings. The third-order valence-electron chi connectivity index (χ3n) is 2.97. The number of nitrogens with zero attached hydrogens (tertiary/aromatic N) is 1. The maximum Gasteiger partial charge on any atom is 0.276 e. The van der Waals surface area contributed by atoms with Crippen molar-refractivity contribution in [2.45, 2.75) is 18.2 Å². The molecule has 7 heteroatoms. The van der Waals surface area contributed by atoms with Crippen molar-refractivity contribution in [1.29, 1.82) is 0 Å². The van der Waals surface area contributed by atoms with Crippen LogP contribution in [0.1, 0.15) is 18.9 Å². The van der Waals surface area contributed by atoms with Crippen LogP contribution in [-0.4, -0.2) is 19.2 Å². The van der Waals surface area contributed by atoms with Crippen molar-refractivity contribution < 1.29 is 13.5 Å². The maximum atomic E-state index is 12.2. The van der Waals surface area contributed by atoms with Gasteiger partial charge in [-0.25, -0.2) is 0 Å². The minimum absolute atomic E-state index is 0.0611. The second-order valence-corrected chi connectivity index (χ2v) is 7.05. The van der Waals surface area contributed by atoms with Crippen LogP contribution < -0.4 is 4.83 Å². The average Bonchev–Trinajstić information content (AvgIpc) is 2.50. The highest BCUT2D eigenvalue weighted by Gasteiger charge is 2.14. The van der Waals surface area contributed by atoms with Gasteiger partial charge in [0.15, 0.2) is 0 Å². The van der Waals surface area contributed by atoms with Gasteiger partial charge < -0.3 is 5.11 Å². The Hall–Kier alpha value is -1.86. The third-order valence-corrected chi connectivity index (χ3v) is 4.73. The lowest BCUT2D eigenvalue weighted by Gasteiger charge is -2.08. The lowest BCUT2D eigenvalue weighted by molar-refractivity contribution is 0.474. The Balaban J connectivity index is 2.28. The number of rotatable bonds is 5. The minimum atomic E-state index is -3.74. The minimum Gasteiger partial charge on any atom is -0.507 e. The van der Waals surface area contributed by atoms with E-state index in [2.05, 4.69) is 25.9 Å². The molecule has 116 valence electrons. The number of hydrogen-bond donors (Lipinski definition) is 2. The molecule has 0 spiro atoms. The molecule has 0 saturated heterocycles. The van der Waals surface area contributed by atoms with E-state index in [4.69, 9.17) is 0 Å². The van der Waals surface area contributed by atoms with Gasteiger partial charge in [0.2, 0.25) is 0 Å². The molecule has 0 fully saturated rings. The van der Waals surface area contributed by atoms with Gasteiger partial charge >= 0.3 is 0 Å². The Labute approximate surface area is 137 Å². The van der Waals surface area contributed by atoms with Crippen LogP contribution in [0.25, 0.3) is 0 Å². The molecule has 2 aromatic rings. The number of halogens is 1. The summed E-state index contributed by atoms with van der Waals surface area (Å²) in [5.41, 5.74) is 0.960. The molecule has 0 unspecified atom stereocenters. The zero-order valence-electron chi connectivity index (χ0n) is 11.8. The Kier molecular flexibility index (Phi) is 5.20. The second kappa shape index (κ2) is 6.93. The number of nitrogens with one attached hydrogen (secondary N) is 1. The predicted octanol–water partition coefficient (Wildman–Crippen LogP) is 3.25. The first kappa shape index (κ1) is 16.5. The molecule has 22 heavy (non-hydrogen) atoms. The largest absolute Gasteiger partial charge is 0.507 e. The SMILES string of the molecule is CC/C(=N\NS(=O)(=O)c1ccc(Br)cc1)c1ccccc1O. The smallest absolute Gasteiger partial charge is 0.276 e. The lowest BCUT2D eigenvalue weighted by atomic mass is 10.1. The van der Waals surface area contributed by atoms with Crippen LogP contribution in [0, 0.1) is 0 Å². The zero-order valence-corrected chi connectivity index (χ0v) is 14.2. The summed E-state index contributed by atoms with van der Waals surface area (Å²) in [7, 11) is -3.74. The Morgan fingerprint density at radius 3 is 2.41 bits per heavy atom. The lowest BCUT2D eigenvalue weighted by Crippen LogP contribution is -2.20. The van der Waals surface area contributed by atoms with Gasteiger partial charge in [-0.3, -0.25) is 0 Å². The van der Waals surface area contributed by atoms with Crippen LogP contribution in [-0.2, 0) is 10.0 Å². The molecular weight excluding hydrogens is 368 g/mol. The fraction of sp³-hybridized carbons (Fsp3) is 0.133. The predicted molar refractivity (Wildman–Crippen MR) is 89.4 cm³/mol. The molecular formula is C15H15BrN2O3S. The molecule has 5 nitrogen and oxygen atoms in total. The molecule has 0 aliphatic heterocycles. The standard InChI is InChI=1S/C15H15BrN2O3S/c1-2-14(13-5-3-4-6-15(13)19)17-18-22(20,21)12-9-7-11(16)8-10-12/h3-10,18-19H,2H2,1H3/b17-14+. The highest BCUT2D eigenvalue weighted by Crippen LogP contribution is 2.18. The van der Waals surface area contributed by atoms with Gasteiger partial charge in [0.25, 0.3) is 10.0 Å². The van der Waals surface area contributed by atoms with Crippen molar-refractivity contribution in [1.82, 2.24) is 4.83 Å². The molecule has 2 rings (SSSR count). The Bertz CT molecular complexity index is 787. The number of hydrogen-bond acceptors (Lipinski definition) is 4. The van der Waals surface area contributed by atoms with Gasteiger partial charge in [0.1, 0.15) is 5.75 Å². The Morgan fingerprint density at radius 1 is 1.18 bits per heavy atom. The molecule has 0 amide bonds. The number of phenols is 1. The maximum absolute atomic E-state index is 12.2. The number of aromatic hydroxyl groups is 1.